The summed E-state index contributed by atoms with van der Waals surface area (Å²) < 4.78 is 10.9. The maximum absolute atomic E-state index is 10.5. The van der Waals surface area contributed by atoms with Gasteiger partial charge in [-0.05, 0) is 12.0 Å². The topological polar surface area (TPSA) is 75.7 Å². The summed E-state index contributed by atoms with van der Waals surface area (Å²) in [4.78, 5) is 10.1. The van der Waals surface area contributed by atoms with E-state index in [4.69, 9.17) is 9.47 Å². The molecule has 1 radical (unpaired) electrons. The molecule has 1 atom stereocenters. The van der Waals surface area contributed by atoms with E-state index in [9.17, 15) is 10.1 Å². The zero-order valence-corrected chi connectivity index (χ0v) is 9.95. The van der Waals surface area contributed by atoms with Crippen LogP contribution in [0, 0.1) is 10.1 Å². The number of nitrogens with zero attached hydrogens (tertiary/aromatic N) is 2. The molecule has 0 bridgehead atoms. The maximum Gasteiger partial charge on any atom is 0.269 e. The van der Waals surface area contributed by atoms with Gasteiger partial charge in [-0.2, -0.15) is 0 Å². The standard InChI is InChI=1S/C12H15N2O4/c15-14(16)11-3-1-10(2-4-11)5-7-17-12-9-13-6-8-18-12/h1-4,12H,5-9H2. The van der Waals surface area contributed by atoms with Gasteiger partial charge < -0.3 is 9.47 Å². The van der Waals surface area contributed by atoms with Gasteiger partial charge in [-0.15, -0.1) is 0 Å². The summed E-state index contributed by atoms with van der Waals surface area (Å²) in [6.07, 6.45) is 0.467. The van der Waals surface area contributed by atoms with Gasteiger partial charge in [0, 0.05) is 18.7 Å². The molecule has 0 aliphatic carbocycles. The number of rotatable bonds is 5. The van der Waals surface area contributed by atoms with Gasteiger partial charge in [-0.25, -0.2) is 5.32 Å². The third kappa shape index (κ3) is 3.76. The molecule has 1 heterocycles. The second-order valence-electron chi connectivity index (χ2n) is 3.97. The van der Waals surface area contributed by atoms with E-state index in [2.05, 4.69) is 5.32 Å². The van der Waals surface area contributed by atoms with E-state index < -0.39 is 4.92 Å². The van der Waals surface area contributed by atoms with Gasteiger partial charge in [0.2, 0.25) is 0 Å². The van der Waals surface area contributed by atoms with E-state index >= 15 is 0 Å². The fourth-order valence-electron chi connectivity index (χ4n) is 1.69. The Bertz CT molecular complexity index is 388. The average molecular weight is 251 g/mol. The predicted octanol–water partition coefficient (Wildman–Crippen LogP) is 1.11. The molecule has 6 nitrogen and oxygen atoms in total. The largest absolute Gasteiger partial charge is 0.351 e. The smallest absolute Gasteiger partial charge is 0.269 e. The van der Waals surface area contributed by atoms with Crippen LogP contribution in [0.1, 0.15) is 5.56 Å². The van der Waals surface area contributed by atoms with Crippen molar-refractivity contribution in [3.63, 3.8) is 0 Å². The number of benzene rings is 1. The monoisotopic (exact) mass is 251 g/mol. The Labute approximate surface area is 105 Å². The molecule has 1 unspecified atom stereocenters. The van der Waals surface area contributed by atoms with E-state index in [1.807, 2.05) is 0 Å². The van der Waals surface area contributed by atoms with Crippen LogP contribution in [-0.2, 0) is 15.9 Å². The first-order valence-corrected chi connectivity index (χ1v) is 5.85. The van der Waals surface area contributed by atoms with Crippen molar-refractivity contribution in [2.45, 2.75) is 12.7 Å². The number of morpholine rings is 1. The Morgan fingerprint density at radius 3 is 2.83 bits per heavy atom. The Balaban J connectivity index is 1.74. The molecule has 1 aromatic carbocycles. The number of non-ortho nitro benzene ring substituents is 1. The first-order valence-electron chi connectivity index (χ1n) is 5.85. The van der Waals surface area contributed by atoms with Crippen LogP contribution in [0.4, 0.5) is 5.69 Å². The lowest BCUT2D eigenvalue weighted by Gasteiger charge is -2.22. The van der Waals surface area contributed by atoms with Gasteiger partial charge in [0.25, 0.3) is 5.69 Å². The minimum Gasteiger partial charge on any atom is -0.351 e. The minimum absolute atomic E-state index is 0.106. The third-order valence-corrected chi connectivity index (χ3v) is 2.67. The van der Waals surface area contributed by atoms with E-state index in [1.54, 1.807) is 12.1 Å². The van der Waals surface area contributed by atoms with Gasteiger partial charge in [0.05, 0.1) is 24.7 Å². The fourth-order valence-corrected chi connectivity index (χ4v) is 1.69. The number of hydrogen-bond acceptors (Lipinski definition) is 4. The zero-order valence-electron chi connectivity index (χ0n) is 9.95. The molecule has 97 valence electrons. The summed E-state index contributed by atoms with van der Waals surface area (Å²) >= 11 is 0. The molecule has 2 rings (SSSR count). The van der Waals surface area contributed by atoms with Gasteiger partial charge in [-0.3, -0.25) is 10.1 Å². The number of nitro groups is 1. The number of hydrogen-bond donors (Lipinski definition) is 0. The lowest BCUT2D eigenvalue weighted by Crippen LogP contribution is -2.36. The molecular weight excluding hydrogens is 236 g/mol. The molecule has 1 aliphatic rings. The quantitative estimate of drug-likeness (QED) is 0.580. The van der Waals surface area contributed by atoms with Crippen molar-refractivity contribution < 1.29 is 14.4 Å². The molecule has 18 heavy (non-hydrogen) atoms. The van der Waals surface area contributed by atoms with E-state index in [0.717, 1.165) is 12.1 Å². The van der Waals surface area contributed by atoms with Crippen LogP contribution in [-0.4, -0.2) is 37.5 Å². The molecule has 1 saturated heterocycles. The van der Waals surface area contributed by atoms with E-state index in [0.29, 0.717) is 26.2 Å². The Morgan fingerprint density at radius 1 is 1.44 bits per heavy atom. The van der Waals surface area contributed by atoms with Crippen molar-refractivity contribution in [2.24, 2.45) is 0 Å². The summed E-state index contributed by atoms with van der Waals surface area (Å²) in [5.74, 6) is 0. The SMILES string of the molecule is O=[N+]([O-])c1ccc(CCOC2C[N]CCO2)cc1. The van der Waals surface area contributed by atoms with Crippen LogP contribution in [0.2, 0.25) is 0 Å². The third-order valence-electron chi connectivity index (χ3n) is 2.67. The van der Waals surface area contributed by atoms with Gasteiger partial charge in [0.1, 0.15) is 0 Å². The predicted molar refractivity (Wildman–Crippen MR) is 64.4 cm³/mol. The Kier molecular flexibility index (Phi) is 4.63. The first kappa shape index (κ1) is 12.9. The lowest BCUT2D eigenvalue weighted by molar-refractivity contribution is -0.384. The highest BCUT2D eigenvalue weighted by molar-refractivity contribution is 5.32. The van der Waals surface area contributed by atoms with Crippen LogP contribution in [0.15, 0.2) is 24.3 Å². The van der Waals surface area contributed by atoms with Crippen molar-refractivity contribution in [1.82, 2.24) is 5.32 Å². The molecule has 1 aliphatic heterocycles. The Hall–Kier alpha value is -1.50. The van der Waals surface area contributed by atoms with E-state index in [-0.39, 0.29) is 12.0 Å². The number of ether oxygens (including phenoxy) is 2. The van der Waals surface area contributed by atoms with Crippen LogP contribution >= 0.6 is 0 Å². The highest BCUT2D eigenvalue weighted by atomic mass is 16.7. The lowest BCUT2D eigenvalue weighted by atomic mass is 10.1. The molecule has 1 fully saturated rings. The maximum atomic E-state index is 10.5. The summed E-state index contributed by atoms with van der Waals surface area (Å²) in [5.41, 5.74) is 1.11. The first-order chi connectivity index (χ1) is 8.75. The van der Waals surface area contributed by atoms with Crippen molar-refractivity contribution >= 4 is 5.69 Å². The molecule has 0 N–H and O–H groups in total. The van der Waals surface area contributed by atoms with Crippen molar-refractivity contribution in [3.8, 4) is 0 Å². The van der Waals surface area contributed by atoms with Crippen molar-refractivity contribution in [1.29, 1.82) is 0 Å². The van der Waals surface area contributed by atoms with Gasteiger partial charge in [0.15, 0.2) is 6.29 Å². The zero-order chi connectivity index (χ0) is 12.8. The van der Waals surface area contributed by atoms with E-state index in [1.165, 1.54) is 12.1 Å². The molecule has 0 spiro atoms. The summed E-state index contributed by atoms with van der Waals surface area (Å²) in [7, 11) is 0. The second-order valence-corrected chi connectivity index (χ2v) is 3.97. The normalized spacial score (nSPS) is 19.7. The molecule has 0 saturated carbocycles. The van der Waals surface area contributed by atoms with Crippen LogP contribution < -0.4 is 5.32 Å². The van der Waals surface area contributed by atoms with Crippen LogP contribution in [0.5, 0.6) is 0 Å². The second kappa shape index (κ2) is 6.44. The highest BCUT2D eigenvalue weighted by Gasteiger charge is 2.14. The minimum atomic E-state index is -0.405. The molecule has 6 heteroatoms. The fraction of sp³-hybridized carbons (Fsp3) is 0.500. The van der Waals surface area contributed by atoms with Crippen molar-refractivity contribution in [3.05, 3.63) is 39.9 Å². The van der Waals surface area contributed by atoms with Gasteiger partial charge in [-0.1, -0.05) is 12.1 Å². The van der Waals surface area contributed by atoms with Gasteiger partial charge >= 0.3 is 0 Å². The number of nitro benzene ring substituents is 1. The summed E-state index contributed by atoms with van der Waals surface area (Å²) in [5, 5.41) is 14.7. The van der Waals surface area contributed by atoms with Crippen LogP contribution in [0.25, 0.3) is 0 Å². The average Bonchev–Trinajstić information content (AvgIpc) is 2.40. The Morgan fingerprint density at radius 2 is 2.22 bits per heavy atom. The molecular formula is C12H15N2O4. The van der Waals surface area contributed by atoms with Crippen molar-refractivity contribution in [2.75, 3.05) is 26.3 Å². The molecule has 1 aromatic rings. The highest BCUT2D eigenvalue weighted by Crippen LogP contribution is 2.12. The summed E-state index contributed by atoms with van der Waals surface area (Å²) in [6, 6.07) is 6.49. The molecule has 0 amide bonds. The summed E-state index contributed by atoms with van der Waals surface area (Å²) in [6.45, 7) is 2.46. The van der Waals surface area contributed by atoms with Crippen LogP contribution in [0.3, 0.4) is 0 Å². The molecule has 0 aromatic heterocycles.